The summed E-state index contributed by atoms with van der Waals surface area (Å²) in [6.07, 6.45) is -0.0713. The van der Waals surface area contributed by atoms with Crippen molar-refractivity contribution >= 4 is 77.3 Å². The second-order valence-corrected chi connectivity index (χ2v) is 12.7. The van der Waals surface area contributed by atoms with Gasteiger partial charge in [0.15, 0.2) is 22.2 Å². The molecule has 0 aromatic carbocycles. The fourth-order valence-electron chi connectivity index (χ4n) is 1.72. The smallest absolute Gasteiger partial charge is 0.302 e. The maximum absolute atomic E-state index is 11.1. The van der Waals surface area contributed by atoms with Gasteiger partial charge in [0, 0.05) is 36.9 Å². The van der Waals surface area contributed by atoms with Crippen LogP contribution in [0.15, 0.2) is 0 Å². The van der Waals surface area contributed by atoms with E-state index in [0.717, 1.165) is 11.5 Å². The molecule has 0 spiro atoms. The molecule has 0 saturated heterocycles. The van der Waals surface area contributed by atoms with E-state index in [0.29, 0.717) is 24.3 Å². The average Bonchev–Trinajstić information content (AvgIpc) is 2.58. The van der Waals surface area contributed by atoms with Crippen molar-refractivity contribution in [3.63, 3.8) is 0 Å². The number of hydrogen-bond donors (Lipinski definition) is 2. The molecule has 0 radical (unpaired) electrons. The maximum Gasteiger partial charge on any atom is 0.302 e. The van der Waals surface area contributed by atoms with Crippen LogP contribution in [0.25, 0.3) is 0 Å². The van der Waals surface area contributed by atoms with Crippen LogP contribution >= 0.6 is 43.2 Å². The number of carbonyl (C=O) groups excluding carboxylic acids is 2. The first-order valence-corrected chi connectivity index (χ1v) is 15.7. The van der Waals surface area contributed by atoms with Crippen molar-refractivity contribution in [2.24, 2.45) is 0 Å². The lowest BCUT2D eigenvalue weighted by Gasteiger charge is -2.16. The standard InChI is InChI=1S/C14H26O8S6/c1-11(15)21-13(3-7-27(17)18)9-25-23-5-6-24-26-10-14(22-12(2)16)4-8-28(19)20/h13-14H,3-10H2,1-2H3,(H,17,18)(H,19,20)/t13-,14-/m1/s1. The van der Waals surface area contributed by atoms with Gasteiger partial charge in [0.2, 0.25) is 0 Å². The fraction of sp³-hybridized carbons (Fsp3) is 0.857. The molecule has 2 N–H and O–H groups in total. The monoisotopic (exact) mass is 514 g/mol. The number of esters is 2. The van der Waals surface area contributed by atoms with E-state index in [1.165, 1.54) is 13.8 Å². The average molecular weight is 515 g/mol. The van der Waals surface area contributed by atoms with Crippen LogP contribution in [0.2, 0.25) is 0 Å². The van der Waals surface area contributed by atoms with Crippen molar-refractivity contribution in [2.45, 2.75) is 38.9 Å². The van der Waals surface area contributed by atoms with Crippen molar-refractivity contribution in [3.05, 3.63) is 0 Å². The van der Waals surface area contributed by atoms with Gasteiger partial charge in [0.25, 0.3) is 0 Å². The van der Waals surface area contributed by atoms with Gasteiger partial charge >= 0.3 is 11.9 Å². The Morgan fingerprint density at radius 3 is 1.43 bits per heavy atom. The van der Waals surface area contributed by atoms with Crippen molar-refractivity contribution in [1.82, 2.24) is 0 Å². The van der Waals surface area contributed by atoms with E-state index in [1.807, 2.05) is 0 Å². The highest BCUT2D eigenvalue weighted by atomic mass is 33.1. The summed E-state index contributed by atoms with van der Waals surface area (Å²) in [5.74, 6) is 2.13. The van der Waals surface area contributed by atoms with Gasteiger partial charge < -0.3 is 18.6 Å². The van der Waals surface area contributed by atoms with Crippen LogP contribution in [0, 0.1) is 0 Å². The molecule has 0 rings (SSSR count). The number of ether oxygens (including phenoxy) is 2. The molecule has 0 fully saturated rings. The van der Waals surface area contributed by atoms with Gasteiger partial charge in [-0.05, 0) is 12.8 Å². The number of carbonyl (C=O) groups is 2. The van der Waals surface area contributed by atoms with Crippen LogP contribution in [0.5, 0.6) is 0 Å². The lowest BCUT2D eigenvalue weighted by molar-refractivity contribution is -0.146. The summed E-state index contributed by atoms with van der Waals surface area (Å²) >= 11 is -3.80. The highest BCUT2D eigenvalue weighted by molar-refractivity contribution is 8.78. The Hall–Kier alpha value is 0.560. The van der Waals surface area contributed by atoms with E-state index in [1.54, 1.807) is 43.2 Å². The third-order valence-electron chi connectivity index (χ3n) is 2.82. The highest BCUT2D eigenvalue weighted by Gasteiger charge is 2.15. The molecule has 2 unspecified atom stereocenters. The molecule has 4 atom stereocenters. The molecule has 0 bridgehead atoms. The largest absolute Gasteiger partial charge is 0.462 e. The summed E-state index contributed by atoms with van der Waals surface area (Å²) in [5, 5.41) is 0. The van der Waals surface area contributed by atoms with Gasteiger partial charge in [0.1, 0.15) is 12.2 Å². The lowest BCUT2D eigenvalue weighted by atomic mass is 10.3. The predicted molar refractivity (Wildman–Crippen MR) is 121 cm³/mol. The van der Waals surface area contributed by atoms with Crippen LogP contribution in [0.4, 0.5) is 0 Å². The lowest BCUT2D eigenvalue weighted by Crippen LogP contribution is -2.21. The first-order valence-electron chi connectivity index (χ1n) is 8.18. The summed E-state index contributed by atoms with van der Waals surface area (Å²) in [6.45, 7) is 2.63. The summed E-state index contributed by atoms with van der Waals surface area (Å²) in [4.78, 5) is 22.1. The van der Waals surface area contributed by atoms with Gasteiger partial charge in [-0.25, -0.2) is 8.42 Å². The third kappa shape index (κ3) is 19.9. The molecular weight excluding hydrogens is 489 g/mol. The molecule has 14 heteroatoms. The molecule has 0 aromatic heterocycles. The molecule has 8 nitrogen and oxygen atoms in total. The summed E-state index contributed by atoms with van der Waals surface area (Å²) in [7, 11) is 6.33. The minimum absolute atomic E-state index is 0.0725. The third-order valence-corrected chi connectivity index (χ3v) is 9.15. The minimum Gasteiger partial charge on any atom is -0.462 e. The minimum atomic E-state index is -1.90. The summed E-state index contributed by atoms with van der Waals surface area (Å²) in [6, 6.07) is 0. The Bertz CT molecular complexity index is 462. The van der Waals surface area contributed by atoms with E-state index >= 15 is 0 Å². The fourth-order valence-corrected chi connectivity index (χ4v) is 7.81. The Labute approximate surface area is 186 Å². The van der Waals surface area contributed by atoms with Crippen LogP contribution < -0.4 is 0 Å². The zero-order chi connectivity index (χ0) is 21.4. The van der Waals surface area contributed by atoms with E-state index in [2.05, 4.69) is 0 Å². The van der Waals surface area contributed by atoms with Crippen molar-refractivity contribution in [3.8, 4) is 0 Å². The van der Waals surface area contributed by atoms with Gasteiger partial charge in [-0.3, -0.25) is 9.59 Å². The number of hydrogen-bond acceptors (Lipinski definition) is 10. The van der Waals surface area contributed by atoms with Crippen LogP contribution in [-0.2, 0) is 41.2 Å². The van der Waals surface area contributed by atoms with E-state index in [9.17, 15) is 18.0 Å². The van der Waals surface area contributed by atoms with Crippen molar-refractivity contribution < 1.29 is 36.6 Å². The second kappa shape index (κ2) is 18.3. The maximum atomic E-state index is 11.1. The Kier molecular flexibility index (Phi) is 18.7. The molecule has 0 heterocycles. The highest BCUT2D eigenvalue weighted by Crippen LogP contribution is 2.29. The van der Waals surface area contributed by atoms with Gasteiger partial charge in [-0.2, -0.15) is 0 Å². The normalized spacial score (nSPS) is 15.4. The van der Waals surface area contributed by atoms with Crippen LogP contribution in [-0.4, -0.2) is 76.2 Å². The van der Waals surface area contributed by atoms with Gasteiger partial charge in [0.05, 0.1) is 11.5 Å². The Morgan fingerprint density at radius 1 is 0.786 bits per heavy atom. The van der Waals surface area contributed by atoms with Gasteiger partial charge in [-0.15, -0.1) is 0 Å². The van der Waals surface area contributed by atoms with Crippen LogP contribution in [0.1, 0.15) is 26.7 Å². The molecule has 0 aliphatic heterocycles. The predicted octanol–water partition coefficient (Wildman–Crippen LogP) is 2.84. The quantitative estimate of drug-likeness (QED) is 0.128. The van der Waals surface area contributed by atoms with E-state index < -0.39 is 34.1 Å². The van der Waals surface area contributed by atoms with E-state index in [4.69, 9.17) is 18.6 Å². The van der Waals surface area contributed by atoms with Gasteiger partial charge in [-0.1, -0.05) is 43.2 Å². The van der Waals surface area contributed by atoms with Crippen LogP contribution in [0.3, 0.4) is 0 Å². The first kappa shape index (κ1) is 28.6. The Morgan fingerprint density at radius 2 is 1.14 bits per heavy atom. The Balaban J connectivity index is 3.88. The zero-order valence-corrected chi connectivity index (χ0v) is 20.5. The van der Waals surface area contributed by atoms with Crippen molar-refractivity contribution in [1.29, 1.82) is 0 Å². The molecule has 0 aliphatic rings. The number of rotatable bonds is 17. The SMILES string of the molecule is CC(=O)O[C@H](CCS(=O)O)CSSCCSSC[C@@H](CCS(=O)O)OC(C)=O. The molecule has 0 aliphatic carbocycles. The molecule has 0 amide bonds. The van der Waals surface area contributed by atoms with Crippen molar-refractivity contribution in [2.75, 3.05) is 34.5 Å². The molecule has 166 valence electrons. The second-order valence-electron chi connectivity index (χ2n) is 5.30. The topological polar surface area (TPSA) is 127 Å². The molecular formula is C14H26O8S6. The van der Waals surface area contributed by atoms with E-state index in [-0.39, 0.29) is 23.7 Å². The first-order chi connectivity index (χ1) is 13.2. The zero-order valence-electron chi connectivity index (χ0n) is 15.6. The summed E-state index contributed by atoms with van der Waals surface area (Å²) in [5.41, 5.74) is 0. The molecule has 0 aromatic rings. The summed E-state index contributed by atoms with van der Waals surface area (Å²) < 4.78 is 49.4. The molecule has 0 saturated carbocycles. The molecule has 28 heavy (non-hydrogen) atoms.